The predicted molar refractivity (Wildman–Crippen MR) is 70.9 cm³/mol. The molecule has 6 heteroatoms. The first-order chi connectivity index (χ1) is 8.99. The first-order valence-electron chi connectivity index (χ1n) is 5.50. The summed E-state index contributed by atoms with van der Waals surface area (Å²) < 4.78 is 26.9. The number of nitrogen functional groups attached to an aromatic ring is 1. The van der Waals surface area contributed by atoms with Gasteiger partial charge in [-0.2, -0.15) is 11.3 Å². The van der Waals surface area contributed by atoms with Crippen molar-refractivity contribution >= 4 is 22.9 Å². The summed E-state index contributed by atoms with van der Waals surface area (Å²) in [4.78, 5) is 13.4. The summed E-state index contributed by atoms with van der Waals surface area (Å²) in [5.74, 6) is -2.22. The van der Waals surface area contributed by atoms with Gasteiger partial charge >= 0.3 is 0 Å². The Hall–Kier alpha value is -1.95. The third kappa shape index (κ3) is 2.90. The second-order valence-corrected chi connectivity index (χ2v) is 4.93. The van der Waals surface area contributed by atoms with Gasteiger partial charge in [-0.1, -0.05) is 0 Å². The van der Waals surface area contributed by atoms with E-state index < -0.39 is 17.5 Å². The molecule has 0 bridgehead atoms. The highest BCUT2D eigenvalue weighted by atomic mass is 32.1. The molecule has 0 radical (unpaired) electrons. The molecule has 0 unspecified atom stereocenters. The van der Waals surface area contributed by atoms with Crippen molar-refractivity contribution in [3.63, 3.8) is 0 Å². The lowest BCUT2D eigenvalue weighted by Gasteiger charge is -2.17. The topological polar surface area (TPSA) is 46.3 Å². The molecule has 0 saturated heterocycles. The predicted octanol–water partition coefficient (Wildman–Crippen LogP) is 2.88. The minimum absolute atomic E-state index is 0.332. The Morgan fingerprint density at radius 1 is 1.42 bits per heavy atom. The van der Waals surface area contributed by atoms with E-state index in [0.29, 0.717) is 6.54 Å². The quantitative estimate of drug-likeness (QED) is 0.880. The molecule has 0 aliphatic heterocycles. The van der Waals surface area contributed by atoms with Crippen LogP contribution in [0.2, 0.25) is 0 Å². The van der Waals surface area contributed by atoms with Gasteiger partial charge in [0.2, 0.25) is 0 Å². The highest BCUT2D eigenvalue weighted by molar-refractivity contribution is 7.07. The van der Waals surface area contributed by atoms with Crippen molar-refractivity contribution in [2.75, 3.05) is 12.8 Å². The van der Waals surface area contributed by atoms with Crippen LogP contribution in [-0.4, -0.2) is 17.9 Å². The molecule has 0 atom stereocenters. The number of benzene rings is 1. The summed E-state index contributed by atoms with van der Waals surface area (Å²) in [7, 11) is 1.53. The maximum absolute atomic E-state index is 13.7. The van der Waals surface area contributed by atoms with Crippen LogP contribution >= 0.6 is 11.3 Å². The van der Waals surface area contributed by atoms with Gasteiger partial charge in [0, 0.05) is 13.6 Å². The van der Waals surface area contributed by atoms with E-state index in [1.807, 2.05) is 16.8 Å². The first-order valence-corrected chi connectivity index (χ1v) is 6.44. The van der Waals surface area contributed by atoms with Crippen molar-refractivity contribution in [1.29, 1.82) is 0 Å². The summed E-state index contributed by atoms with van der Waals surface area (Å²) in [5, 5.41) is 3.77. The van der Waals surface area contributed by atoms with E-state index in [0.717, 1.165) is 17.7 Å². The molecule has 2 N–H and O–H groups in total. The lowest BCUT2D eigenvalue weighted by molar-refractivity contribution is 0.0780. The SMILES string of the molecule is CN(Cc1ccsc1)C(=O)c1cc(F)cc(N)c1F. The molecule has 0 aliphatic rings. The largest absolute Gasteiger partial charge is 0.396 e. The standard InChI is InChI=1S/C13H12F2N2OS/c1-17(6-8-2-3-19-7-8)13(18)10-4-9(14)5-11(16)12(10)15/h2-5,7H,6,16H2,1H3. The van der Waals surface area contributed by atoms with Crippen molar-refractivity contribution in [3.05, 3.63) is 51.7 Å². The molecule has 0 aliphatic carbocycles. The van der Waals surface area contributed by atoms with Gasteiger partial charge in [0.1, 0.15) is 5.82 Å². The van der Waals surface area contributed by atoms with Crippen LogP contribution in [0.5, 0.6) is 0 Å². The second kappa shape index (κ2) is 5.36. The summed E-state index contributed by atoms with van der Waals surface area (Å²) in [6.07, 6.45) is 0. The fraction of sp³-hybridized carbons (Fsp3) is 0.154. The number of halogens is 2. The number of anilines is 1. The molecule has 3 nitrogen and oxygen atoms in total. The van der Waals surface area contributed by atoms with E-state index in [-0.39, 0.29) is 11.3 Å². The van der Waals surface area contributed by atoms with Crippen LogP contribution < -0.4 is 5.73 Å². The monoisotopic (exact) mass is 282 g/mol. The molecule has 19 heavy (non-hydrogen) atoms. The maximum Gasteiger partial charge on any atom is 0.257 e. The molecule has 0 fully saturated rings. The third-order valence-corrected chi connectivity index (χ3v) is 3.37. The van der Waals surface area contributed by atoms with Crippen LogP contribution in [0.3, 0.4) is 0 Å². The van der Waals surface area contributed by atoms with Crippen molar-refractivity contribution < 1.29 is 13.6 Å². The van der Waals surface area contributed by atoms with E-state index >= 15 is 0 Å². The normalized spacial score (nSPS) is 10.5. The van der Waals surface area contributed by atoms with Gasteiger partial charge in [-0.3, -0.25) is 4.79 Å². The molecule has 1 aromatic heterocycles. The first kappa shape index (κ1) is 13.5. The molecule has 0 saturated carbocycles. The van der Waals surface area contributed by atoms with E-state index in [1.54, 1.807) is 0 Å². The van der Waals surface area contributed by atoms with Crippen LogP contribution in [-0.2, 0) is 6.54 Å². The maximum atomic E-state index is 13.7. The zero-order valence-electron chi connectivity index (χ0n) is 10.2. The van der Waals surface area contributed by atoms with Crippen LogP contribution in [0.15, 0.2) is 29.0 Å². The molecular formula is C13H12F2N2OS. The van der Waals surface area contributed by atoms with Gasteiger partial charge in [0.25, 0.3) is 5.91 Å². The van der Waals surface area contributed by atoms with Crippen molar-refractivity contribution in [1.82, 2.24) is 4.90 Å². The van der Waals surface area contributed by atoms with Crippen LogP contribution in [0.25, 0.3) is 0 Å². The van der Waals surface area contributed by atoms with Crippen molar-refractivity contribution in [3.8, 4) is 0 Å². The molecule has 1 amide bonds. The number of carbonyl (C=O) groups excluding carboxylic acids is 1. The molecular weight excluding hydrogens is 270 g/mol. The Labute approximate surface area is 113 Å². The van der Waals surface area contributed by atoms with E-state index in [9.17, 15) is 13.6 Å². The van der Waals surface area contributed by atoms with Gasteiger partial charge < -0.3 is 10.6 Å². The average Bonchev–Trinajstić information content (AvgIpc) is 2.85. The minimum Gasteiger partial charge on any atom is -0.396 e. The summed E-state index contributed by atoms with van der Waals surface area (Å²) in [6, 6.07) is 3.58. The zero-order chi connectivity index (χ0) is 14.0. The number of hydrogen-bond donors (Lipinski definition) is 1. The Morgan fingerprint density at radius 2 is 2.16 bits per heavy atom. The molecule has 0 spiro atoms. The summed E-state index contributed by atoms with van der Waals surface area (Å²) in [6.45, 7) is 0.332. The van der Waals surface area contributed by atoms with E-state index in [2.05, 4.69) is 0 Å². The number of carbonyl (C=O) groups is 1. The fourth-order valence-electron chi connectivity index (χ4n) is 1.70. The molecule has 2 rings (SSSR count). The Balaban J connectivity index is 2.24. The lowest BCUT2D eigenvalue weighted by atomic mass is 10.1. The molecule has 1 aromatic carbocycles. The van der Waals surface area contributed by atoms with Gasteiger partial charge in [-0.25, -0.2) is 8.78 Å². The van der Waals surface area contributed by atoms with Crippen LogP contribution in [0.4, 0.5) is 14.5 Å². The van der Waals surface area contributed by atoms with Gasteiger partial charge in [-0.15, -0.1) is 0 Å². The third-order valence-electron chi connectivity index (χ3n) is 2.64. The Morgan fingerprint density at radius 3 is 2.79 bits per heavy atom. The molecule has 1 heterocycles. The zero-order valence-corrected chi connectivity index (χ0v) is 11.0. The van der Waals surface area contributed by atoms with Crippen LogP contribution in [0, 0.1) is 11.6 Å². The molecule has 100 valence electrons. The highest BCUT2D eigenvalue weighted by Crippen LogP contribution is 2.19. The molecule has 2 aromatic rings. The fourth-order valence-corrected chi connectivity index (χ4v) is 2.36. The van der Waals surface area contributed by atoms with Crippen molar-refractivity contribution in [2.45, 2.75) is 6.54 Å². The number of nitrogens with zero attached hydrogens (tertiary/aromatic N) is 1. The number of nitrogens with two attached hydrogens (primary N) is 1. The average molecular weight is 282 g/mol. The van der Waals surface area contributed by atoms with Gasteiger partial charge in [-0.05, 0) is 34.5 Å². The van der Waals surface area contributed by atoms with Crippen molar-refractivity contribution in [2.24, 2.45) is 0 Å². The number of amides is 1. The summed E-state index contributed by atoms with van der Waals surface area (Å²) in [5.41, 5.74) is 5.53. The van der Waals surface area contributed by atoms with E-state index in [1.165, 1.54) is 23.3 Å². The van der Waals surface area contributed by atoms with Crippen LogP contribution in [0.1, 0.15) is 15.9 Å². The Kier molecular flexibility index (Phi) is 3.80. The van der Waals surface area contributed by atoms with Gasteiger partial charge in [0.05, 0.1) is 11.3 Å². The number of thiophene rings is 1. The smallest absolute Gasteiger partial charge is 0.257 e. The number of rotatable bonds is 3. The van der Waals surface area contributed by atoms with E-state index in [4.69, 9.17) is 5.73 Å². The Bertz CT molecular complexity index is 599. The minimum atomic E-state index is -0.886. The highest BCUT2D eigenvalue weighted by Gasteiger charge is 2.19. The second-order valence-electron chi connectivity index (χ2n) is 4.15. The lowest BCUT2D eigenvalue weighted by Crippen LogP contribution is -2.27. The summed E-state index contributed by atoms with van der Waals surface area (Å²) >= 11 is 1.51. The number of hydrogen-bond acceptors (Lipinski definition) is 3. The van der Waals surface area contributed by atoms with Gasteiger partial charge in [0.15, 0.2) is 5.82 Å².